The van der Waals surface area contributed by atoms with Gasteiger partial charge in [0.1, 0.15) is 11.5 Å². The van der Waals surface area contributed by atoms with Gasteiger partial charge in [0.2, 0.25) is 0 Å². The van der Waals surface area contributed by atoms with Crippen LogP contribution in [0.15, 0.2) is 53.1 Å². The van der Waals surface area contributed by atoms with E-state index < -0.39 is 11.2 Å². The first kappa shape index (κ1) is 16.8. The fourth-order valence-corrected chi connectivity index (χ4v) is 2.81. The Labute approximate surface area is 147 Å². The number of nitrogen functional groups attached to an aromatic ring is 1. The topological polar surface area (TPSA) is 98.7 Å². The minimum absolute atomic E-state index is 0.0933. The van der Waals surface area contributed by atoms with Crippen molar-refractivity contribution in [3.05, 3.63) is 69.4 Å². The van der Waals surface area contributed by atoms with Crippen molar-refractivity contribution in [3.63, 3.8) is 0 Å². The molecule has 0 aliphatic heterocycles. The molecule has 3 N–H and O–H groups in total. The highest BCUT2D eigenvalue weighted by molar-refractivity contribution is 6.31. The van der Waals surface area contributed by atoms with E-state index in [9.17, 15) is 9.59 Å². The SMILES string of the molecule is C=CCn1c(=O)c2nc(-c3ccc(Cl)cc3N)[nH]c2n(CC=C)c1=O. The molecule has 7 nitrogen and oxygen atoms in total. The van der Waals surface area contributed by atoms with Gasteiger partial charge < -0.3 is 10.7 Å². The number of anilines is 1. The second-order valence-electron chi connectivity index (χ2n) is 5.40. The molecule has 0 amide bonds. The van der Waals surface area contributed by atoms with Crippen LogP contribution in [0.25, 0.3) is 22.6 Å². The number of rotatable bonds is 5. The van der Waals surface area contributed by atoms with Crippen molar-refractivity contribution in [1.29, 1.82) is 0 Å². The predicted molar refractivity (Wildman–Crippen MR) is 99.9 cm³/mol. The molecule has 8 heteroatoms. The van der Waals surface area contributed by atoms with Gasteiger partial charge in [-0.25, -0.2) is 9.78 Å². The lowest BCUT2D eigenvalue weighted by molar-refractivity contribution is 0.646. The van der Waals surface area contributed by atoms with E-state index in [1.165, 1.54) is 10.6 Å². The van der Waals surface area contributed by atoms with Crippen LogP contribution in [0.1, 0.15) is 0 Å². The zero-order valence-corrected chi connectivity index (χ0v) is 14.1. The number of imidazole rings is 1. The zero-order valence-electron chi connectivity index (χ0n) is 13.3. The summed E-state index contributed by atoms with van der Waals surface area (Å²) in [6.07, 6.45) is 3.05. The highest BCUT2D eigenvalue weighted by Crippen LogP contribution is 2.27. The van der Waals surface area contributed by atoms with Crippen molar-refractivity contribution in [3.8, 4) is 11.4 Å². The number of nitrogens with two attached hydrogens (primary N) is 1. The summed E-state index contributed by atoms with van der Waals surface area (Å²) in [5.41, 5.74) is 6.51. The minimum atomic E-state index is -0.491. The summed E-state index contributed by atoms with van der Waals surface area (Å²) < 4.78 is 2.48. The van der Waals surface area contributed by atoms with Crippen LogP contribution < -0.4 is 17.0 Å². The molecule has 0 spiro atoms. The number of aromatic amines is 1. The number of nitrogens with one attached hydrogen (secondary N) is 1. The van der Waals surface area contributed by atoms with Crippen molar-refractivity contribution >= 4 is 28.5 Å². The Balaban J connectivity index is 2.36. The van der Waals surface area contributed by atoms with E-state index in [0.717, 1.165) is 4.57 Å². The fraction of sp³-hybridized carbons (Fsp3) is 0.118. The molecule has 0 aliphatic rings. The third kappa shape index (κ3) is 2.78. The van der Waals surface area contributed by atoms with E-state index in [1.54, 1.807) is 24.3 Å². The molecule has 3 aromatic rings. The molecule has 2 heterocycles. The Hall–Kier alpha value is -3.06. The van der Waals surface area contributed by atoms with E-state index >= 15 is 0 Å². The second-order valence-corrected chi connectivity index (χ2v) is 5.84. The van der Waals surface area contributed by atoms with E-state index in [4.69, 9.17) is 17.3 Å². The molecule has 0 saturated heterocycles. The monoisotopic (exact) mass is 357 g/mol. The van der Waals surface area contributed by atoms with Gasteiger partial charge in [0.05, 0.1) is 0 Å². The molecule has 0 saturated carbocycles. The summed E-state index contributed by atoms with van der Waals surface area (Å²) in [5.74, 6) is 0.384. The normalized spacial score (nSPS) is 10.9. The van der Waals surface area contributed by atoms with Crippen LogP contribution >= 0.6 is 11.6 Å². The molecule has 0 unspecified atom stereocenters. The maximum absolute atomic E-state index is 12.6. The second kappa shape index (κ2) is 6.45. The highest BCUT2D eigenvalue weighted by Gasteiger charge is 2.17. The van der Waals surface area contributed by atoms with E-state index in [2.05, 4.69) is 23.1 Å². The molecule has 0 fully saturated rings. The van der Waals surface area contributed by atoms with Gasteiger partial charge in [-0.15, -0.1) is 13.2 Å². The van der Waals surface area contributed by atoms with Gasteiger partial charge in [0, 0.05) is 29.4 Å². The number of H-pyrrole nitrogens is 1. The average molecular weight is 358 g/mol. The number of aromatic nitrogens is 4. The lowest BCUT2D eigenvalue weighted by atomic mass is 10.2. The third-order valence-electron chi connectivity index (χ3n) is 3.76. The smallest absolute Gasteiger partial charge is 0.333 e. The van der Waals surface area contributed by atoms with Crippen molar-refractivity contribution in [1.82, 2.24) is 19.1 Å². The minimum Gasteiger partial charge on any atom is -0.398 e. The summed E-state index contributed by atoms with van der Waals surface area (Å²) in [7, 11) is 0. The first-order valence-electron chi connectivity index (χ1n) is 7.48. The molecular formula is C17H16ClN5O2. The molecule has 25 heavy (non-hydrogen) atoms. The Bertz CT molecular complexity index is 1110. The van der Waals surface area contributed by atoms with Gasteiger partial charge in [-0.2, -0.15) is 0 Å². The first-order chi connectivity index (χ1) is 12.0. The molecular weight excluding hydrogens is 342 g/mol. The molecule has 0 bridgehead atoms. The molecule has 128 valence electrons. The average Bonchev–Trinajstić information content (AvgIpc) is 3.00. The molecule has 1 aromatic carbocycles. The highest BCUT2D eigenvalue weighted by atomic mass is 35.5. The summed E-state index contributed by atoms with van der Waals surface area (Å²) >= 11 is 5.92. The lowest BCUT2D eigenvalue weighted by Gasteiger charge is -2.07. The summed E-state index contributed by atoms with van der Waals surface area (Å²) in [6, 6.07) is 4.97. The van der Waals surface area contributed by atoms with Crippen LogP contribution in [-0.4, -0.2) is 19.1 Å². The summed E-state index contributed by atoms with van der Waals surface area (Å²) in [6.45, 7) is 7.56. The van der Waals surface area contributed by atoms with Crippen molar-refractivity contribution in [2.24, 2.45) is 0 Å². The van der Waals surface area contributed by atoms with Crippen LogP contribution in [0.4, 0.5) is 5.69 Å². The largest absolute Gasteiger partial charge is 0.398 e. The van der Waals surface area contributed by atoms with Crippen LogP contribution in [0.5, 0.6) is 0 Å². The molecule has 0 aliphatic carbocycles. The van der Waals surface area contributed by atoms with E-state index in [0.29, 0.717) is 27.7 Å². The van der Waals surface area contributed by atoms with Gasteiger partial charge in [0.15, 0.2) is 5.52 Å². The number of halogens is 1. The Morgan fingerprint density at radius 2 is 1.88 bits per heavy atom. The van der Waals surface area contributed by atoms with Gasteiger partial charge in [-0.1, -0.05) is 23.8 Å². The number of fused-ring (bicyclic) bond motifs is 1. The van der Waals surface area contributed by atoms with E-state index in [-0.39, 0.29) is 18.6 Å². The molecule has 3 rings (SSSR count). The van der Waals surface area contributed by atoms with Crippen molar-refractivity contribution in [2.75, 3.05) is 5.73 Å². The van der Waals surface area contributed by atoms with Crippen molar-refractivity contribution < 1.29 is 0 Å². The van der Waals surface area contributed by atoms with Gasteiger partial charge >= 0.3 is 5.69 Å². The van der Waals surface area contributed by atoms with E-state index in [1.807, 2.05) is 0 Å². The lowest BCUT2D eigenvalue weighted by Crippen LogP contribution is -2.39. The fourth-order valence-electron chi connectivity index (χ4n) is 2.63. The number of allylic oxidation sites excluding steroid dienone is 2. The summed E-state index contributed by atoms with van der Waals surface area (Å²) in [4.78, 5) is 32.6. The van der Waals surface area contributed by atoms with Gasteiger partial charge in [0.25, 0.3) is 5.56 Å². The maximum atomic E-state index is 12.6. The Morgan fingerprint density at radius 3 is 2.52 bits per heavy atom. The van der Waals surface area contributed by atoms with Crippen LogP contribution in [0.2, 0.25) is 5.02 Å². The maximum Gasteiger partial charge on any atom is 0.333 e. The molecule has 2 aromatic heterocycles. The first-order valence-corrected chi connectivity index (χ1v) is 7.86. The molecule has 0 radical (unpaired) electrons. The van der Waals surface area contributed by atoms with Crippen molar-refractivity contribution in [2.45, 2.75) is 13.1 Å². The number of nitrogens with zero attached hydrogens (tertiary/aromatic N) is 3. The number of hydrogen-bond acceptors (Lipinski definition) is 4. The number of benzene rings is 1. The zero-order chi connectivity index (χ0) is 18.1. The Morgan fingerprint density at radius 1 is 1.20 bits per heavy atom. The quantitative estimate of drug-likeness (QED) is 0.540. The predicted octanol–water partition coefficient (Wildman–Crippen LogP) is 2.16. The summed E-state index contributed by atoms with van der Waals surface area (Å²) in [5, 5.41) is 0.495. The van der Waals surface area contributed by atoms with Crippen LogP contribution in [0, 0.1) is 0 Å². The van der Waals surface area contributed by atoms with Crippen LogP contribution in [-0.2, 0) is 13.1 Å². The van der Waals surface area contributed by atoms with Gasteiger partial charge in [-0.3, -0.25) is 13.9 Å². The molecule has 0 atom stereocenters. The van der Waals surface area contributed by atoms with Gasteiger partial charge in [-0.05, 0) is 18.2 Å². The standard InChI is InChI=1S/C17H16ClN5O2/c1-3-7-22-15-13(16(24)23(8-4-2)17(22)25)20-14(21-15)11-6-5-10(18)9-12(11)19/h3-6,9H,1-2,7-8,19H2,(H,20,21). The Kier molecular flexibility index (Phi) is 4.33. The number of hydrogen-bond donors (Lipinski definition) is 2. The van der Waals surface area contributed by atoms with Crippen LogP contribution in [0.3, 0.4) is 0 Å². The third-order valence-corrected chi connectivity index (χ3v) is 3.99.